The molecule has 1 fully saturated rings. The molecule has 0 aliphatic carbocycles. The minimum atomic E-state index is -3.83. The molecule has 0 saturated carbocycles. The molecule has 11 nitrogen and oxygen atoms in total. The van der Waals surface area contributed by atoms with Crippen molar-refractivity contribution in [2.24, 2.45) is 5.14 Å². The van der Waals surface area contributed by atoms with Crippen molar-refractivity contribution in [3.63, 3.8) is 0 Å². The summed E-state index contributed by atoms with van der Waals surface area (Å²) in [5.74, 6) is 0.670. The molecule has 0 atom stereocenters. The van der Waals surface area contributed by atoms with Crippen LogP contribution in [0.15, 0.2) is 47.4 Å². The van der Waals surface area contributed by atoms with E-state index in [4.69, 9.17) is 28.3 Å². The minimum absolute atomic E-state index is 0.0294. The first-order chi connectivity index (χ1) is 16.7. The molecular formula is C21H22Cl2N8O3S. The Balaban J connectivity index is 1.54. The molecular weight excluding hydrogens is 515 g/mol. The lowest BCUT2D eigenvalue weighted by Crippen LogP contribution is -2.32. The van der Waals surface area contributed by atoms with E-state index in [2.05, 4.69) is 30.9 Å². The predicted octanol–water partition coefficient (Wildman–Crippen LogP) is 4.20. The average Bonchev–Trinajstić information content (AvgIpc) is 2.81. The van der Waals surface area contributed by atoms with Crippen molar-refractivity contribution in [2.75, 3.05) is 33.9 Å². The van der Waals surface area contributed by atoms with E-state index in [1.165, 1.54) is 24.3 Å². The maximum atomic E-state index is 12.6. The fourth-order valence-electron chi connectivity index (χ4n) is 3.41. The number of primary sulfonamides is 1. The van der Waals surface area contributed by atoms with Crippen LogP contribution in [0.5, 0.6) is 0 Å². The molecule has 2 aromatic carbocycles. The molecule has 5 N–H and O–H groups in total. The standard InChI is InChI=1S/C21H22Cl2N8O3S/c22-16-9-6-14(12-17(16)23)25-18-27-19(29-20(28-18)31-10-2-1-3-11-31)30-21(32)26-13-4-7-15(8-5-13)35(24,33)34/h4-9,12H,1-3,10-11H2,(H2,24,33,34)(H3,25,26,27,28,29,30,32). The number of halogens is 2. The van der Waals surface area contributed by atoms with Gasteiger partial charge in [-0.25, -0.2) is 18.4 Å². The number of carbonyl (C=O) groups excluding carboxylic acids is 1. The highest BCUT2D eigenvalue weighted by Gasteiger charge is 2.18. The molecule has 0 spiro atoms. The highest BCUT2D eigenvalue weighted by molar-refractivity contribution is 7.89. The Morgan fingerprint density at radius 2 is 1.51 bits per heavy atom. The molecule has 0 radical (unpaired) electrons. The second-order valence-corrected chi connectivity index (χ2v) is 10.1. The summed E-state index contributed by atoms with van der Waals surface area (Å²) in [5, 5.41) is 14.1. The normalized spacial score (nSPS) is 13.9. The summed E-state index contributed by atoms with van der Waals surface area (Å²) in [5.41, 5.74) is 0.968. The predicted molar refractivity (Wildman–Crippen MR) is 136 cm³/mol. The zero-order chi connectivity index (χ0) is 25.0. The van der Waals surface area contributed by atoms with Gasteiger partial charge in [0.1, 0.15) is 0 Å². The summed E-state index contributed by atoms with van der Waals surface area (Å²) in [6.45, 7) is 1.58. The van der Waals surface area contributed by atoms with Crippen LogP contribution in [0.3, 0.4) is 0 Å². The number of anilines is 5. The Morgan fingerprint density at radius 1 is 0.857 bits per heavy atom. The van der Waals surface area contributed by atoms with Gasteiger partial charge in [0.05, 0.1) is 14.9 Å². The molecule has 1 saturated heterocycles. The van der Waals surface area contributed by atoms with Gasteiger partial charge in [0.25, 0.3) is 0 Å². The van der Waals surface area contributed by atoms with Gasteiger partial charge < -0.3 is 15.5 Å². The summed E-state index contributed by atoms with van der Waals surface area (Å²) in [7, 11) is -3.83. The van der Waals surface area contributed by atoms with Crippen LogP contribution in [-0.4, -0.2) is 42.5 Å². The van der Waals surface area contributed by atoms with Gasteiger partial charge in [0, 0.05) is 24.5 Å². The molecule has 0 unspecified atom stereocenters. The van der Waals surface area contributed by atoms with Gasteiger partial charge >= 0.3 is 6.03 Å². The van der Waals surface area contributed by atoms with Crippen LogP contribution in [0.4, 0.5) is 34.0 Å². The zero-order valence-corrected chi connectivity index (χ0v) is 20.7. The number of amides is 2. The number of rotatable bonds is 6. The van der Waals surface area contributed by atoms with Crippen molar-refractivity contribution < 1.29 is 13.2 Å². The number of hydrogen-bond acceptors (Lipinski definition) is 8. The Kier molecular flexibility index (Phi) is 7.55. The molecule has 35 heavy (non-hydrogen) atoms. The van der Waals surface area contributed by atoms with Crippen LogP contribution >= 0.6 is 23.2 Å². The number of hydrogen-bond donors (Lipinski definition) is 4. The lowest BCUT2D eigenvalue weighted by molar-refractivity contribution is 0.262. The Hall–Kier alpha value is -3.19. The maximum Gasteiger partial charge on any atom is 0.326 e. The van der Waals surface area contributed by atoms with E-state index in [1.54, 1.807) is 18.2 Å². The first-order valence-corrected chi connectivity index (χ1v) is 12.9. The third kappa shape index (κ3) is 6.69. The lowest BCUT2D eigenvalue weighted by Gasteiger charge is -2.27. The van der Waals surface area contributed by atoms with Gasteiger partial charge in [-0.05, 0) is 61.7 Å². The third-order valence-corrected chi connectivity index (χ3v) is 6.77. The molecule has 1 aliphatic heterocycles. The van der Waals surface area contributed by atoms with Gasteiger partial charge in [-0.15, -0.1) is 0 Å². The molecule has 0 bridgehead atoms. The first kappa shape index (κ1) is 24.9. The number of urea groups is 1. The van der Waals surface area contributed by atoms with Gasteiger partial charge in [0.15, 0.2) is 0 Å². The number of carbonyl (C=O) groups is 1. The molecule has 2 amide bonds. The summed E-state index contributed by atoms with van der Waals surface area (Å²) >= 11 is 12.1. The molecule has 1 aromatic heterocycles. The van der Waals surface area contributed by atoms with Crippen molar-refractivity contribution in [3.05, 3.63) is 52.5 Å². The monoisotopic (exact) mass is 536 g/mol. The van der Waals surface area contributed by atoms with Gasteiger partial charge in [-0.1, -0.05) is 23.2 Å². The fourth-order valence-corrected chi connectivity index (χ4v) is 4.22. The summed E-state index contributed by atoms with van der Waals surface area (Å²) < 4.78 is 22.8. The quantitative estimate of drug-likeness (QED) is 0.365. The Morgan fingerprint density at radius 3 is 2.17 bits per heavy atom. The zero-order valence-electron chi connectivity index (χ0n) is 18.3. The second kappa shape index (κ2) is 10.6. The topological polar surface area (TPSA) is 155 Å². The van der Waals surface area contributed by atoms with E-state index in [-0.39, 0.29) is 16.8 Å². The number of benzene rings is 2. The second-order valence-electron chi connectivity index (χ2n) is 7.73. The number of piperidine rings is 1. The van der Waals surface area contributed by atoms with Crippen molar-refractivity contribution in [3.8, 4) is 0 Å². The van der Waals surface area contributed by atoms with Crippen LogP contribution < -0.4 is 26.0 Å². The summed E-state index contributed by atoms with van der Waals surface area (Å²) in [4.78, 5) is 27.7. The number of aromatic nitrogens is 3. The van der Waals surface area contributed by atoms with E-state index in [1.807, 2.05) is 4.90 Å². The lowest BCUT2D eigenvalue weighted by atomic mass is 10.1. The average molecular weight is 537 g/mol. The van der Waals surface area contributed by atoms with E-state index in [0.29, 0.717) is 27.4 Å². The van der Waals surface area contributed by atoms with Gasteiger partial charge in [-0.3, -0.25) is 5.32 Å². The number of nitrogens with zero attached hydrogens (tertiary/aromatic N) is 4. The van der Waals surface area contributed by atoms with E-state index < -0.39 is 16.1 Å². The van der Waals surface area contributed by atoms with E-state index in [0.717, 1.165) is 32.4 Å². The van der Waals surface area contributed by atoms with Crippen molar-refractivity contribution in [2.45, 2.75) is 24.2 Å². The van der Waals surface area contributed by atoms with Crippen molar-refractivity contribution in [1.82, 2.24) is 15.0 Å². The van der Waals surface area contributed by atoms with Crippen LogP contribution in [0.25, 0.3) is 0 Å². The Labute approximate surface area is 212 Å². The van der Waals surface area contributed by atoms with E-state index >= 15 is 0 Å². The van der Waals surface area contributed by atoms with Crippen LogP contribution in [0.1, 0.15) is 19.3 Å². The molecule has 184 valence electrons. The Bertz CT molecular complexity index is 1330. The van der Waals surface area contributed by atoms with Crippen LogP contribution in [-0.2, 0) is 10.0 Å². The summed E-state index contributed by atoms with van der Waals surface area (Å²) in [6, 6.07) is 9.81. The fraction of sp³-hybridized carbons (Fsp3) is 0.238. The maximum absolute atomic E-state index is 12.6. The number of nitrogens with two attached hydrogens (primary N) is 1. The minimum Gasteiger partial charge on any atom is -0.341 e. The molecule has 1 aliphatic rings. The first-order valence-electron chi connectivity index (χ1n) is 10.6. The number of sulfonamides is 1. The largest absolute Gasteiger partial charge is 0.341 e. The third-order valence-electron chi connectivity index (χ3n) is 5.10. The summed E-state index contributed by atoms with van der Waals surface area (Å²) in [6.07, 6.45) is 3.16. The highest BCUT2D eigenvalue weighted by Crippen LogP contribution is 2.27. The smallest absolute Gasteiger partial charge is 0.326 e. The van der Waals surface area contributed by atoms with Gasteiger partial charge in [-0.2, -0.15) is 15.0 Å². The van der Waals surface area contributed by atoms with Crippen LogP contribution in [0.2, 0.25) is 10.0 Å². The SMILES string of the molecule is NS(=O)(=O)c1ccc(NC(=O)Nc2nc(Nc3ccc(Cl)c(Cl)c3)nc(N3CCCCC3)n2)cc1. The van der Waals surface area contributed by atoms with Crippen LogP contribution in [0, 0.1) is 0 Å². The van der Waals surface area contributed by atoms with Crippen molar-refractivity contribution in [1.29, 1.82) is 0 Å². The van der Waals surface area contributed by atoms with Gasteiger partial charge in [0.2, 0.25) is 27.9 Å². The highest BCUT2D eigenvalue weighted by atomic mass is 35.5. The molecule has 2 heterocycles. The molecule has 4 rings (SSSR count). The number of nitrogens with one attached hydrogen (secondary N) is 3. The van der Waals surface area contributed by atoms with Crippen molar-refractivity contribution >= 4 is 68.5 Å². The molecule has 14 heteroatoms. The molecule has 3 aromatic rings. The van der Waals surface area contributed by atoms with E-state index in [9.17, 15) is 13.2 Å².